The molecule has 0 aromatic heterocycles. The summed E-state index contributed by atoms with van der Waals surface area (Å²) in [4.78, 5) is 25.6. The fourth-order valence-corrected chi connectivity index (χ4v) is 2.37. The van der Waals surface area contributed by atoms with Gasteiger partial charge in [-0.2, -0.15) is 0 Å². The van der Waals surface area contributed by atoms with Crippen LogP contribution in [-0.4, -0.2) is 11.8 Å². The van der Waals surface area contributed by atoms with Crippen LogP contribution in [0.15, 0.2) is 48.5 Å². The van der Waals surface area contributed by atoms with E-state index in [-0.39, 0.29) is 11.8 Å². The molecule has 0 aliphatic carbocycles. The van der Waals surface area contributed by atoms with E-state index < -0.39 is 0 Å². The molecule has 88 valence electrons. The van der Waals surface area contributed by atoms with Crippen molar-refractivity contribution in [2.75, 3.05) is 4.90 Å². The minimum atomic E-state index is -0.253. The number of hydrogen-bond donors (Lipinski definition) is 0. The Morgan fingerprint density at radius 2 is 1.28 bits per heavy atom. The number of rotatable bonds is 1. The molecule has 0 unspecified atom stereocenters. The van der Waals surface area contributed by atoms with Gasteiger partial charge in [0.05, 0.1) is 16.8 Å². The van der Waals surface area contributed by atoms with Crippen LogP contribution in [0.5, 0.6) is 0 Å². The summed E-state index contributed by atoms with van der Waals surface area (Å²) < 4.78 is 1.06. The van der Waals surface area contributed by atoms with Crippen molar-refractivity contribution in [3.63, 3.8) is 0 Å². The number of fused-ring (bicyclic) bond motifs is 1. The number of imide groups is 1. The van der Waals surface area contributed by atoms with Crippen LogP contribution < -0.4 is 4.90 Å². The van der Waals surface area contributed by atoms with Crippen LogP contribution >= 0.6 is 22.6 Å². The summed E-state index contributed by atoms with van der Waals surface area (Å²) >= 11 is 2.18. The lowest BCUT2D eigenvalue weighted by atomic mass is 10.1. The summed E-state index contributed by atoms with van der Waals surface area (Å²) in [5.41, 5.74) is 1.56. The highest BCUT2D eigenvalue weighted by atomic mass is 127. The quantitative estimate of drug-likeness (QED) is 0.586. The first-order chi connectivity index (χ1) is 8.68. The van der Waals surface area contributed by atoms with Crippen molar-refractivity contribution in [1.29, 1.82) is 0 Å². The third-order valence-electron chi connectivity index (χ3n) is 2.88. The van der Waals surface area contributed by atoms with Gasteiger partial charge in [-0.25, -0.2) is 4.90 Å². The zero-order valence-electron chi connectivity index (χ0n) is 9.26. The van der Waals surface area contributed by atoms with Crippen molar-refractivity contribution in [2.24, 2.45) is 0 Å². The van der Waals surface area contributed by atoms with Crippen molar-refractivity contribution in [3.05, 3.63) is 63.2 Å². The number of nitrogens with zero attached hydrogens (tertiary/aromatic N) is 1. The maximum atomic E-state index is 12.2. The molecule has 0 atom stereocenters. The highest BCUT2D eigenvalue weighted by molar-refractivity contribution is 14.1. The first-order valence-corrected chi connectivity index (χ1v) is 6.50. The molecule has 0 bridgehead atoms. The molecule has 0 spiro atoms. The fraction of sp³-hybridized carbons (Fsp3) is 0. The maximum absolute atomic E-state index is 12.2. The Hall–Kier alpha value is -1.69. The first kappa shape index (κ1) is 11.4. The van der Waals surface area contributed by atoms with Gasteiger partial charge in [-0.1, -0.05) is 12.1 Å². The standard InChI is InChI=1S/C14H8INO2/c15-9-5-7-10(8-6-9)16-13(17)11-3-1-2-4-12(11)14(16)18/h1-8H. The summed E-state index contributed by atoms with van der Waals surface area (Å²) in [6, 6.07) is 14.2. The molecular weight excluding hydrogens is 341 g/mol. The van der Waals surface area contributed by atoms with Gasteiger partial charge in [0, 0.05) is 3.57 Å². The summed E-state index contributed by atoms with van der Waals surface area (Å²) in [5.74, 6) is -0.506. The second kappa shape index (κ2) is 4.20. The Bertz CT molecular complexity index is 614. The fourth-order valence-electron chi connectivity index (χ4n) is 2.01. The lowest BCUT2D eigenvalue weighted by molar-refractivity contribution is 0.0926. The van der Waals surface area contributed by atoms with Crippen LogP contribution in [0.1, 0.15) is 20.7 Å². The van der Waals surface area contributed by atoms with Crippen LogP contribution in [0.3, 0.4) is 0 Å². The molecule has 1 heterocycles. The molecule has 0 N–H and O–H groups in total. The first-order valence-electron chi connectivity index (χ1n) is 5.42. The van der Waals surface area contributed by atoms with E-state index in [0.29, 0.717) is 16.8 Å². The van der Waals surface area contributed by atoms with E-state index in [1.54, 1.807) is 36.4 Å². The lowest BCUT2D eigenvalue weighted by Gasteiger charge is -2.13. The van der Waals surface area contributed by atoms with E-state index in [4.69, 9.17) is 0 Å². The second-order valence-electron chi connectivity index (χ2n) is 3.97. The highest BCUT2D eigenvalue weighted by Crippen LogP contribution is 2.28. The van der Waals surface area contributed by atoms with E-state index in [0.717, 1.165) is 3.57 Å². The number of anilines is 1. The molecule has 1 aliphatic heterocycles. The highest BCUT2D eigenvalue weighted by Gasteiger charge is 2.35. The van der Waals surface area contributed by atoms with Gasteiger partial charge in [-0.3, -0.25) is 9.59 Å². The Labute approximate surface area is 118 Å². The molecule has 18 heavy (non-hydrogen) atoms. The zero-order valence-corrected chi connectivity index (χ0v) is 11.4. The van der Waals surface area contributed by atoms with Crippen LogP contribution in [0.2, 0.25) is 0 Å². The number of hydrogen-bond acceptors (Lipinski definition) is 2. The van der Waals surface area contributed by atoms with Crippen molar-refractivity contribution < 1.29 is 9.59 Å². The number of halogens is 1. The smallest absolute Gasteiger partial charge is 0.266 e. The number of benzene rings is 2. The molecule has 2 amide bonds. The van der Waals surface area contributed by atoms with Crippen LogP contribution in [0.25, 0.3) is 0 Å². The predicted molar refractivity (Wildman–Crippen MR) is 76.7 cm³/mol. The van der Waals surface area contributed by atoms with Gasteiger partial charge in [-0.05, 0) is 59.0 Å². The van der Waals surface area contributed by atoms with E-state index in [9.17, 15) is 9.59 Å². The van der Waals surface area contributed by atoms with Crippen molar-refractivity contribution in [1.82, 2.24) is 0 Å². The Morgan fingerprint density at radius 3 is 1.78 bits per heavy atom. The monoisotopic (exact) mass is 349 g/mol. The van der Waals surface area contributed by atoms with Gasteiger partial charge in [0.2, 0.25) is 0 Å². The minimum absolute atomic E-state index is 0.253. The average molecular weight is 349 g/mol. The molecule has 3 rings (SSSR count). The van der Waals surface area contributed by atoms with Crippen molar-refractivity contribution >= 4 is 40.1 Å². The Balaban J connectivity index is 2.09. The normalized spacial score (nSPS) is 13.9. The Kier molecular flexibility index (Phi) is 2.66. The van der Waals surface area contributed by atoms with Crippen LogP contribution in [0.4, 0.5) is 5.69 Å². The van der Waals surface area contributed by atoms with Gasteiger partial charge in [0.15, 0.2) is 0 Å². The molecule has 0 saturated carbocycles. The van der Waals surface area contributed by atoms with E-state index in [1.807, 2.05) is 12.1 Å². The SMILES string of the molecule is O=C1c2ccccc2C(=O)N1c1ccc(I)cc1. The molecule has 2 aromatic rings. The van der Waals surface area contributed by atoms with Gasteiger partial charge in [0.1, 0.15) is 0 Å². The zero-order chi connectivity index (χ0) is 12.7. The van der Waals surface area contributed by atoms with E-state index in [1.165, 1.54) is 4.90 Å². The number of carbonyl (C=O) groups is 2. The number of amides is 2. The average Bonchev–Trinajstić information content (AvgIpc) is 2.64. The largest absolute Gasteiger partial charge is 0.268 e. The van der Waals surface area contributed by atoms with Crippen LogP contribution in [-0.2, 0) is 0 Å². The summed E-state index contributed by atoms with van der Waals surface area (Å²) in [6.07, 6.45) is 0. The molecule has 0 radical (unpaired) electrons. The van der Waals surface area contributed by atoms with Crippen molar-refractivity contribution in [3.8, 4) is 0 Å². The van der Waals surface area contributed by atoms with Crippen LogP contribution in [0, 0.1) is 3.57 Å². The minimum Gasteiger partial charge on any atom is -0.268 e. The maximum Gasteiger partial charge on any atom is 0.266 e. The topological polar surface area (TPSA) is 37.4 Å². The van der Waals surface area contributed by atoms with Gasteiger partial charge in [0.25, 0.3) is 11.8 Å². The molecule has 0 fully saturated rings. The summed E-state index contributed by atoms with van der Waals surface area (Å²) in [6.45, 7) is 0. The predicted octanol–water partition coefficient (Wildman–Crippen LogP) is 3.09. The second-order valence-corrected chi connectivity index (χ2v) is 5.21. The molecule has 1 aliphatic rings. The molecule has 2 aromatic carbocycles. The van der Waals surface area contributed by atoms with E-state index >= 15 is 0 Å². The van der Waals surface area contributed by atoms with Gasteiger partial charge in [-0.15, -0.1) is 0 Å². The van der Waals surface area contributed by atoms with E-state index in [2.05, 4.69) is 22.6 Å². The molecular formula is C14H8INO2. The number of carbonyl (C=O) groups excluding carboxylic acids is 2. The van der Waals surface area contributed by atoms with Crippen molar-refractivity contribution in [2.45, 2.75) is 0 Å². The van der Waals surface area contributed by atoms with Gasteiger partial charge >= 0.3 is 0 Å². The summed E-state index contributed by atoms with van der Waals surface area (Å²) in [7, 11) is 0. The Morgan fingerprint density at radius 1 is 0.778 bits per heavy atom. The lowest BCUT2D eigenvalue weighted by Crippen LogP contribution is -2.29. The third-order valence-corrected chi connectivity index (χ3v) is 3.60. The molecule has 3 nitrogen and oxygen atoms in total. The summed E-state index contributed by atoms with van der Waals surface area (Å²) in [5, 5.41) is 0. The molecule has 4 heteroatoms. The molecule has 0 saturated heterocycles. The third kappa shape index (κ3) is 1.64. The van der Waals surface area contributed by atoms with Gasteiger partial charge < -0.3 is 0 Å².